The van der Waals surface area contributed by atoms with Gasteiger partial charge in [-0.05, 0) is 55.2 Å². The molecule has 0 N–H and O–H groups in total. The van der Waals surface area contributed by atoms with E-state index in [2.05, 4.69) is 12.1 Å². The number of ether oxygens (including phenoxy) is 3. The van der Waals surface area contributed by atoms with Crippen LogP contribution in [0.4, 0.5) is 9.59 Å². The molecule has 3 aromatic carbocycles. The number of hydrogen-bond donors (Lipinski definition) is 0. The topological polar surface area (TPSA) is 132 Å². The summed E-state index contributed by atoms with van der Waals surface area (Å²) in [7, 11) is 0. The van der Waals surface area contributed by atoms with Crippen LogP contribution in [0.25, 0.3) is 11.1 Å². The fraction of sp³-hybridized carbons (Fsp3) is 0.378. The Balaban J connectivity index is 1.03. The first kappa shape index (κ1) is 31.1. The van der Waals surface area contributed by atoms with Crippen molar-refractivity contribution in [3.63, 3.8) is 0 Å². The van der Waals surface area contributed by atoms with Gasteiger partial charge >= 0.3 is 18.2 Å². The Morgan fingerprint density at radius 2 is 1.33 bits per heavy atom. The maximum atomic E-state index is 14.2. The van der Waals surface area contributed by atoms with Crippen LogP contribution in [0.1, 0.15) is 58.5 Å². The lowest BCUT2D eigenvalue weighted by molar-refractivity contribution is -0.182. The first-order chi connectivity index (χ1) is 23.4. The summed E-state index contributed by atoms with van der Waals surface area (Å²) in [6.45, 7) is 5.49. The predicted octanol–water partition coefficient (Wildman–Crippen LogP) is 4.63. The summed E-state index contributed by atoms with van der Waals surface area (Å²) < 4.78 is 17.8. The Labute approximate surface area is 282 Å². The molecule has 12 nitrogen and oxygen atoms in total. The van der Waals surface area contributed by atoms with Gasteiger partial charge in [-0.1, -0.05) is 65.7 Å². The van der Waals surface area contributed by atoms with E-state index in [1.165, 1.54) is 21.9 Å². The summed E-state index contributed by atoms with van der Waals surface area (Å²) >= 11 is 0. The summed E-state index contributed by atoms with van der Waals surface area (Å²) in [5, 5.41) is 0.480. The molecule has 3 aromatic rings. The van der Waals surface area contributed by atoms with Crippen LogP contribution >= 0.6 is 0 Å². The Morgan fingerprint density at radius 3 is 1.90 bits per heavy atom. The molecular formula is C37H35N3O9. The van der Waals surface area contributed by atoms with E-state index in [0.717, 1.165) is 22.3 Å². The van der Waals surface area contributed by atoms with Gasteiger partial charge in [0, 0.05) is 24.9 Å². The molecule has 0 bridgehead atoms. The van der Waals surface area contributed by atoms with Crippen molar-refractivity contribution < 1.29 is 43.0 Å². The summed E-state index contributed by atoms with van der Waals surface area (Å²) in [5.41, 5.74) is 1.49. The molecule has 12 heteroatoms. The third-order valence-corrected chi connectivity index (χ3v) is 10.3. The maximum absolute atomic E-state index is 14.2. The average Bonchev–Trinajstić information content (AvgIpc) is 3.77. The zero-order valence-electron chi connectivity index (χ0n) is 27.3. The van der Waals surface area contributed by atoms with Gasteiger partial charge in [-0.25, -0.2) is 14.4 Å². The highest BCUT2D eigenvalue weighted by molar-refractivity contribution is 6.21. The van der Waals surface area contributed by atoms with Gasteiger partial charge in [0.05, 0.1) is 30.8 Å². The summed E-state index contributed by atoms with van der Waals surface area (Å²) in [6, 6.07) is 22.3. The Hall–Kier alpha value is -5.23. The lowest BCUT2D eigenvalue weighted by Crippen LogP contribution is -2.68. The fourth-order valence-corrected chi connectivity index (χ4v) is 7.98. The van der Waals surface area contributed by atoms with E-state index >= 15 is 0 Å². The van der Waals surface area contributed by atoms with Gasteiger partial charge in [0.1, 0.15) is 23.2 Å². The lowest BCUT2D eigenvalue weighted by Gasteiger charge is -2.50. The molecule has 0 saturated carbocycles. The zero-order chi connectivity index (χ0) is 34.3. The van der Waals surface area contributed by atoms with Crippen molar-refractivity contribution in [2.24, 2.45) is 11.3 Å². The standard InChI is InChI=1S/C37H35N3O9/c1-35(2,3)48-34(45)39-19-37(20-39)29-16-38(33(44)46-17-28-24-12-6-4-10-22(24)23-11-5-7-13-25(23)28)18-36(29,21-47-37)32(43)49-40-30(41)26-14-8-9-15-27(26)31(40)42/h4-15,28-29H,16-21H2,1-3H3/t29-,36+/m0/s1. The van der Waals surface area contributed by atoms with Crippen LogP contribution in [0.3, 0.4) is 0 Å². The first-order valence-electron chi connectivity index (χ1n) is 16.3. The first-order valence-corrected chi connectivity index (χ1v) is 16.3. The second-order valence-corrected chi connectivity index (χ2v) is 14.4. The van der Waals surface area contributed by atoms with Crippen LogP contribution in [-0.4, -0.2) is 95.4 Å². The minimum absolute atomic E-state index is 0.0794. The van der Waals surface area contributed by atoms with Gasteiger partial charge in [-0.2, -0.15) is 0 Å². The van der Waals surface area contributed by atoms with Crippen molar-refractivity contribution in [1.82, 2.24) is 14.9 Å². The van der Waals surface area contributed by atoms with Gasteiger partial charge in [0.25, 0.3) is 11.8 Å². The summed E-state index contributed by atoms with van der Waals surface area (Å²) in [5.74, 6) is -3.14. The van der Waals surface area contributed by atoms with Crippen molar-refractivity contribution in [1.29, 1.82) is 0 Å². The molecule has 3 saturated heterocycles. The van der Waals surface area contributed by atoms with Gasteiger partial charge in [0.15, 0.2) is 0 Å². The highest BCUT2D eigenvalue weighted by Crippen LogP contribution is 2.55. The van der Waals surface area contributed by atoms with E-state index < -0.39 is 52.5 Å². The number of hydrogen-bond acceptors (Lipinski definition) is 9. The molecular weight excluding hydrogens is 630 g/mol. The number of likely N-dealkylation sites (tertiary alicyclic amines) is 2. The molecule has 5 aliphatic rings. The van der Waals surface area contributed by atoms with Crippen LogP contribution in [0, 0.1) is 11.3 Å². The maximum Gasteiger partial charge on any atom is 0.410 e. The molecule has 4 heterocycles. The van der Waals surface area contributed by atoms with Crippen LogP contribution in [-0.2, 0) is 23.8 Å². The van der Waals surface area contributed by atoms with Crippen LogP contribution in [0.5, 0.6) is 0 Å². The number of imide groups is 1. The van der Waals surface area contributed by atoms with Crippen molar-refractivity contribution in [3.05, 3.63) is 95.1 Å². The Kier molecular flexibility index (Phi) is 6.91. The summed E-state index contributed by atoms with van der Waals surface area (Å²) in [4.78, 5) is 75.5. The van der Waals surface area contributed by atoms with Crippen molar-refractivity contribution >= 4 is 30.0 Å². The molecule has 0 unspecified atom stereocenters. The molecule has 252 valence electrons. The van der Waals surface area contributed by atoms with Crippen molar-refractivity contribution in [3.8, 4) is 11.1 Å². The molecule has 3 fully saturated rings. The van der Waals surface area contributed by atoms with E-state index in [9.17, 15) is 24.0 Å². The molecule has 4 aliphatic heterocycles. The highest BCUT2D eigenvalue weighted by atomic mass is 16.7. The largest absolute Gasteiger partial charge is 0.448 e. The molecule has 0 aromatic heterocycles. The van der Waals surface area contributed by atoms with Crippen molar-refractivity contribution in [2.45, 2.75) is 37.9 Å². The number of benzene rings is 3. The van der Waals surface area contributed by atoms with Crippen molar-refractivity contribution in [2.75, 3.05) is 39.4 Å². The predicted molar refractivity (Wildman–Crippen MR) is 172 cm³/mol. The summed E-state index contributed by atoms with van der Waals surface area (Å²) in [6.07, 6.45) is -1.12. The van der Waals surface area contributed by atoms with E-state index in [1.807, 2.05) is 36.4 Å². The Morgan fingerprint density at radius 1 is 0.776 bits per heavy atom. The molecule has 2 atom stereocenters. The van der Waals surface area contributed by atoms with Crippen LogP contribution in [0.15, 0.2) is 72.8 Å². The SMILES string of the molecule is CC(C)(C)OC(=O)N1CC2(C1)OC[C@]1(C(=O)ON3C(=O)c4ccccc4C3=O)CN(C(=O)OCC3c4ccccc4-c4ccccc43)C[C@H]21. The monoisotopic (exact) mass is 665 g/mol. The minimum atomic E-state index is -1.43. The third-order valence-electron chi connectivity index (χ3n) is 10.3. The second-order valence-electron chi connectivity index (χ2n) is 14.4. The van der Waals surface area contributed by atoms with E-state index in [0.29, 0.717) is 5.06 Å². The minimum Gasteiger partial charge on any atom is -0.448 e. The molecule has 1 aliphatic carbocycles. The smallest absolute Gasteiger partial charge is 0.410 e. The van der Waals surface area contributed by atoms with Gasteiger partial charge in [0.2, 0.25) is 0 Å². The Bertz CT molecular complexity index is 1850. The second kappa shape index (κ2) is 10.9. The fourth-order valence-electron chi connectivity index (χ4n) is 7.98. The number of nitrogens with zero attached hydrogens (tertiary/aromatic N) is 3. The normalized spacial score (nSPS) is 23.2. The van der Waals surface area contributed by atoms with E-state index in [1.54, 1.807) is 32.9 Å². The number of hydroxylamine groups is 2. The average molecular weight is 666 g/mol. The van der Waals surface area contributed by atoms with E-state index in [4.69, 9.17) is 19.0 Å². The number of rotatable bonds is 4. The number of amides is 4. The molecule has 8 rings (SSSR count). The molecule has 4 amide bonds. The quantitative estimate of drug-likeness (QED) is 0.366. The molecule has 0 radical (unpaired) electrons. The van der Waals surface area contributed by atoms with Crippen LogP contribution in [0.2, 0.25) is 0 Å². The molecule has 1 spiro atoms. The van der Waals surface area contributed by atoms with E-state index in [-0.39, 0.29) is 56.4 Å². The van der Waals surface area contributed by atoms with Gasteiger partial charge in [-0.15, -0.1) is 0 Å². The highest BCUT2D eigenvalue weighted by Gasteiger charge is 2.72. The van der Waals surface area contributed by atoms with Crippen LogP contribution < -0.4 is 0 Å². The number of carbonyl (C=O) groups is 5. The van der Waals surface area contributed by atoms with Gasteiger partial charge < -0.3 is 28.8 Å². The number of carbonyl (C=O) groups excluding carboxylic acids is 5. The van der Waals surface area contributed by atoms with Gasteiger partial charge in [-0.3, -0.25) is 9.59 Å². The molecule has 49 heavy (non-hydrogen) atoms. The zero-order valence-corrected chi connectivity index (χ0v) is 27.3. The third kappa shape index (κ3) is 4.79. The number of fused-ring (bicyclic) bond motifs is 6. The lowest BCUT2D eigenvalue weighted by atomic mass is 9.69.